The van der Waals surface area contributed by atoms with Gasteiger partial charge in [-0.15, -0.1) is 0 Å². The van der Waals surface area contributed by atoms with E-state index in [-0.39, 0.29) is 0 Å². The normalized spacial score (nSPS) is 14.9. The lowest BCUT2D eigenvalue weighted by atomic mass is 10.0. The van der Waals surface area contributed by atoms with Gasteiger partial charge in [-0.25, -0.2) is 0 Å². The zero-order valence-corrected chi connectivity index (χ0v) is 15.5. The maximum Gasteiger partial charge on any atom is 0.162 e. The molecule has 2 aromatic carbocycles. The number of hydrogen-bond donors (Lipinski definition) is 1. The van der Waals surface area contributed by atoms with Crippen molar-refractivity contribution in [3.05, 3.63) is 54.9 Å². The molecule has 0 aliphatic carbocycles. The van der Waals surface area contributed by atoms with Crippen LogP contribution in [0.4, 0.5) is 0 Å². The van der Waals surface area contributed by atoms with Crippen LogP contribution in [0.3, 0.4) is 0 Å². The number of ether oxygens (including phenoxy) is 2. The lowest BCUT2D eigenvalue weighted by Crippen LogP contribution is -2.16. The molecule has 110 valence electrons. The predicted molar refractivity (Wildman–Crippen MR) is 91.0 cm³/mol. The molecule has 21 heavy (non-hydrogen) atoms. The first kappa shape index (κ1) is 15.3. The Morgan fingerprint density at radius 1 is 0.857 bits per heavy atom. The van der Waals surface area contributed by atoms with E-state index in [1.807, 2.05) is 30.3 Å². The van der Waals surface area contributed by atoms with Crippen molar-refractivity contribution < 1.29 is 14.6 Å². The molecule has 0 fully saturated rings. The summed E-state index contributed by atoms with van der Waals surface area (Å²) in [4.78, 5) is 0. The predicted octanol–water partition coefficient (Wildman–Crippen LogP) is 4.83. The van der Waals surface area contributed by atoms with Crippen LogP contribution in [0.25, 0.3) is 0 Å². The molecule has 1 atom stereocenters. The summed E-state index contributed by atoms with van der Waals surface area (Å²) < 4.78 is 13.7. The quantitative estimate of drug-likeness (QED) is 0.672. The molecule has 1 aliphatic heterocycles. The van der Waals surface area contributed by atoms with Gasteiger partial charge in [-0.3, -0.25) is 0 Å². The number of aliphatic hydroxyl groups excluding tert-OH is 1. The van der Waals surface area contributed by atoms with Crippen LogP contribution in [0, 0.1) is 0 Å². The molecule has 1 heterocycles. The molecule has 0 radical (unpaired) electrons. The average molecular weight is 479 g/mol. The van der Waals surface area contributed by atoms with Crippen molar-refractivity contribution in [3.63, 3.8) is 0 Å². The first-order valence-electron chi connectivity index (χ1n) is 6.28. The van der Waals surface area contributed by atoms with Crippen molar-refractivity contribution in [2.45, 2.75) is 6.10 Å². The van der Waals surface area contributed by atoms with E-state index in [2.05, 4.69) is 47.8 Å². The van der Waals surface area contributed by atoms with Crippen LogP contribution in [0.5, 0.6) is 11.5 Å². The highest BCUT2D eigenvalue weighted by Gasteiger charge is 2.21. The second-order valence-corrected chi connectivity index (χ2v) is 7.21. The van der Waals surface area contributed by atoms with Crippen molar-refractivity contribution in [1.29, 1.82) is 0 Å². The van der Waals surface area contributed by atoms with Crippen molar-refractivity contribution in [1.82, 2.24) is 0 Å². The van der Waals surface area contributed by atoms with E-state index in [4.69, 9.17) is 9.47 Å². The van der Waals surface area contributed by atoms with Gasteiger partial charge >= 0.3 is 0 Å². The van der Waals surface area contributed by atoms with Gasteiger partial charge in [0.25, 0.3) is 0 Å². The van der Waals surface area contributed by atoms with Crippen LogP contribution in [0.2, 0.25) is 0 Å². The SMILES string of the molecule is OC(c1ccc(Br)cc1Br)c1cc2c(cc1Br)OCCO2. The Kier molecular flexibility index (Phi) is 4.59. The Balaban J connectivity index is 2.03. The molecule has 0 saturated carbocycles. The topological polar surface area (TPSA) is 38.7 Å². The van der Waals surface area contributed by atoms with Gasteiger partial charge in [0.15, 0.2) is 11.5 Å². The molecule has 0 bridgehead atoms. The van der Waals surface area contributed by atoms with Gasteiger partial charge in [0.2, 0.25) is 0 Å². The third-order valence-corrected chi connectivity index (χ3v) is 5.08. The number of hydrogen-bond acceptors (Lipinski definition) is 3. The monoisotopic (exact) mass is 476 g/mol. The smallest absolute Gasteiger partial charge is 0.162 e. The number of aliphatic hydroxyl groups is 1. The van der Waals surface area contributed by atoms with Gasteiger partial charge in [-0.1, -0.05) is 53.9 Å². The van der Waals surface area contributed by atoms with Gasteiger partial charge in [-0.05, 0) is 29.8 Å². The molecule has 3 nitrogen and oxygen atoms in total. The van der Waals surface area contributed by atoms with Crippen LogP contribution in [-0.2, 0) is 0 Å². The van der Waals surface area contributed by atoms with E-state index in [9.17, 15) is 5.11 Å². The summed E-state index contributed by atoms with van der Waals surface area (Å²) in [5.74, 6) is 1.35. The first-order valence-corrected chi connectivity index (χ1v) is 8.66. The maximum atomic E-state index is 10.7. The fourth-order valence-corrected chi connectivity index (χ4v) is 3.98. The zero-order chi connectivity index (χ0) is 15.0. The summed E-state index contributed by atoms with van der Waals surface area (Å²) in [6.45, 7) is 1.06. The zero-order valence-electron chi connectivity index (χ0n) is 10.8. The van der Waals surface area contributed by atoms with Crippen molar-refractivity contribution >= 4 is 47.8 Å². The van der Waals surface area contributed by atoms with Crippen LogP contribution in [-0.4, -0.2) is 18.3 Å². The molecule has 0 amide bonds. The Morgan fingerprint density at radius 2 is 1.48 bits per heavy atom. The molecule has 2 aromatic rings. The first-order chi connectivity index (χ1) is 10.1. The van der Waals surface area contributed by atoms with Crippen LogP contribution in [0.15, 0.2) is 43.7 Å². The molecular weight excluding hydrogens is 468 g/mol. The van der Waals surface area contributed by atoms with Crippen molar-refractivity contribution in [2.24, 2.45) is 0 Å². The minimum absolute atomic E-state index is 0.520. The summed E-state index contributed by atoms with van der Waals surface area (Å²) in [5.41, 5.74) is 1.53. The third kappa shape index (κ3) is 3.13. The molecule has 1 N–H and O–H groups in total. The second-order valence-electron chi connectivity index (χ2n) is 4.59. The molecular formula is C15H11Br3O3. The number of fused-ring (bicyclic) bond motifs is 1. The Labute approximate surface area is 147 Å². The van der Waals surface area contributed by atoms with Gasteiger partial charge < -0.3 is 14.6 Å². The summed E-state index contributed by atoms with van der Waals surface area (Å²) >= 11 is 10.4. The highest BCUT2D eigenvalue weighted by Crippen LogP contribution is 2.40. The molecule has 1 unspecified atom stereocenters. The standard InChI is InChI=1S/C15H11Br3O3/c16-8-1-2-9(11(17)5-8)15(19)10-6-13-14(7-12(10)18)21-4-3-20-13/h1-2,5-7,15,19H,3-4H2. The van der Waals surface area contributed by atoms with E-state index in [0.29, 0.717) is 24.7 Å². The Hall–Kier alpha value is -0.560. The fraction of sp³-hybridized carbons (Fsp3) is 0.200. The highest BCUT2D eigenvalue weighted by atomic mass is 79.9. The van der Waals surface area contributed by atoms with E-state index in [1.54, 1.807) is 0 Å². The molecule has 3 rings (SSSR count). The largest absolute Gasteiger partial charge is 0.486 e. The highest BCUT2D eigenvalue weighted by molar-refractivity contribution is 9.11. The van der Waals surface area contributed by atoms with Gasteiger partial charge in [0, 0.05) is 19.0 Å². The van der Waals surface area contributed by atoms with Gasteiger partial charge in [0.05, 0.1) is 0 Å². The number of rotatable bonds is 2. The molecule has 0 saturated heterocycles. The minimum Gasteiger partial charge on any atom is -0.486 e. The molecule has 0 aromatic heterocycles. The second kappa shape index (κ2) is 6.28. The Morgan fingerprint density at radius 3 is 2.14 bits per heavy atom. The summed E-state index contributed by atoms with van der Waals surface area (Å²) in [7, 11) is 0. The van der Waals surface area contributed by atoms with Crippen LogP contribution < -0.4 is 9.47 Å². The van der Waals surface area contributed by atoms with Crippen molar-refractivity contribution in [2.75, 3.05) is 13.2 Å². The summed E-state index contributed by atoms with van der Waals surface area (Å²) in [5, 5.41) is 10.7. The summed E-state index contributed by atoms with van der Waals surface area (Å²) in [6, 6.07) is 9.33. The summed E-state index contributed by atoms with van der Waals surface area (Å²) in [6.07, 6.45) is -0.766. The van der Waals surface area contributed by atoms with E-state index in [1.165, 1.54) is 0 Å². The van der Waals surface area contributed by atoms with E-state index < -0.39 is 6.10 Å². The fourth-order valence-electron chi connectivity index (χ4n) is 2.18. The lowest BCUT2D eigenvalue weighted by Gasteiger charge is -2.22. The van der Waals surface area contributed by atoms with Crippen molar-refractivity contribution in [3.8, 4) is 11.5 Å². The minimum atomic E-state index is -0.766. The molecule has 1 aliphatic rings. The average Bonchev–Trinajstić information content (AvgIpc) is 2.46. The molecule has 6 heteroatoms. The van der Waals surface area contributed by atoms with E-state index in [0.717, 1.165) is 24.5 Å². The van der Waals surface area contributed by atoms with E-state index >= 15 is 0 Å². The lowest BCUT2D eigenvalue weighted by molar-refractivity contribution is 0.169. The number of benzene rings is 2. The van der Waals surface area contributed by atoms with Crippen LogP contribution in [0.1, 0.15) is 17.2 Å². The third-order valence-electron chi connectivity index (χ3n) is 3.21. The van der Waals surface area contributed by atoms with Gasteiger partial charge in [-0.2, -0.15) is 0 Å². The number of halogens is 3. The Bertz CT molecular complexity index is 688. The maximum absolute atomic E-state index is 10.7. The molecule has 0 spiro atoms. The van der Waals surface area contributed by atoms with Gasteiger partial charge in [0.1, 0.15) is 19.3 Å². The van der Waals surface area contributed by atoms with Crippen LogP contribution >= 0.6 is 47.8 Å².